The molecule has 0 radical (unpaired) electrons. The van der Waals surface area contributed by atoms with E-state index in [1.165, 1.54) is 0 Å². The van der Waals surface area contributed by atoms with Gasteiger partial charge in [-0.05, 0) is 37.7 Å². The van der Waals surface area contributed by atoms with Gasteiger partial charge >= 0.3 is 0 Å². The molecule has 0 spiro atoms. The predicted octanol–water partition coefficient (Wildman–Crippen LogP) is 1.07. The van der Waals surface area contributed by atoms with E-state index in [1.54, 1.807) is 0 Å². The van der Waals surface area contributed by atoms with Crippen molar-refractivity contribution >= 4 is 11.7 Å². The number of hydrogen-bond donors (Lipinski definition) is 1. The van der Waals surface area contributed by atoms with E-state index in [4.69, 9.17) is 5.73 Å². The summed E-state index contributed by atoms with van der Waals surface area (Å²) in [5.41, 5.74) is 8.28. The Bertz CT molecular complexity index is 800. The lowest BCUT2D eigenvalue weighted by Gasteiger charge is -2.32. The van der Waals surface area contributed by atoms with Crippen molar-refractivity contribution in [3.63, 3.8) is 0 Å². The van der Waals surface area contributed by atoms with Crippen LogP contribution in [0.4, 0.5) is 5.82 Å². The molecule has 2 aromatic rings. The zero-order chi connectivity index (χ0) is 18.8. The molecule has 2 fully saturated rings. The zero-order valence-electron chi connectivity index (χ0n) is 15.7. The molecule has 2 saturated heterocycles. The summed E-state index contributed by atoms with van der Waals surface area (Å²) in [4.78, 5) is 19.1. The summed E-state index contributed by atoms with van der Waals surface area (Å²) in [5, 5.41) is 8.81. The Kier molecular flexibility index (Phi) is 5.05. The van der Waals surface area contributed by atoms with Gasteiger partial charge in [0.2, 0.25) is 0 Å². The maximum absolute atomic E-state index is 12.7. The van der Waals surface area contributed by atoms with Crippen LogP contribution in [-0.2, 0) is 0 Å². The molecule has 0 saturated carbocycles. The van der Waals surface area contributed by atoms with Crippen LogP contribution < -0.4 is 10.6 Å². The topological polar surface area (TPSA) is 78.6 Å². The number of nitrogens with two attached hydrogens (primary N) is 1. The van der Waals surface area contributed by atoms with E-state index in [-0.39, 0.29) is 11.9 Å². The molecule has 0 bridgehead atoms. The average molecular weight is 366 g/mol. The van der Waals surface area contributed by atoms with Gasteiger partial charge in [0.1, 0.15) is 0 Å². The van der Waals surface area contributed by atoms with E-state index in [0.717, 1.165) is 56.2 Å². The number of amides is 1. The smallest absolute Gasteiger partial charge is 0.253 e. The second-order valence-electron chi connectivity index (χ2n) is 7.45. The third-order valence-electron chi connectivity index (χ3n) is 5.39. The normalized spacial score (nSPS) is 20.9. The SMILES string of the molecule is CN1CCN(c2ccc(-c3cccc(C(=O)N4CCC(N)C4)c3)nn2)CC1. The molecule has 1 atom stereocenters. The number of hydrogen-bond acceptors (Lipinski definition) is 6. The Labute approximate surface area is 159 Å². The van der Waals surface area contributed by atoms with Gasteiger partial charge < -0.3 is 20.4 Å². The quantitative estimate of drug-likeness (QED) is 0.875. The van der Waals surface area contributed by atoms with Crippen molar-refractivity contribution in [1.82, 2.24) is 20.0 Å². The van der Waals surface area contributed by atoms with Crippen LogP contribution in [0.3, 0.4) is 0 Å². The summed E-state index contributed by atoms with van der Waals surface area (Å²) in [6.45, 7) is 5.35. The fraction of sp³-hybridized carbons (Fsp3) is 0.450. The van der Waals surface area contributed by atoms with Gasteiger partial charge in [-0.1, -0.05) is 12.1 Å². The summed E-state index contributed by atoms with van der Waals surface area (Å²) in [7, 11) is 2.14. The van der Waals surface area contributed by atoms with Gasteiger partial charge in [-0.2, -0.15) is 0 Å². The predicted molar refractivity (Wildman–Crippen MR) is 106 cm³/mol. The molecule has 2 aliphatic rings. The van der Waals surface area contributed by atoms with Crippen molar-refractivity contribution in [2.45, 2.75) is 12.5 Å². The maximum Gasteiger partial charge on any atom is 0.253 e. The highest BCUT2D eigenvalue weighted by molar-refractivity contribution is 5.95. The Morgan fingerprint density at radius 3 is 2.56 bits per heavy atom. The Morgan fingerprint density at radius 2 is 1.89 bits per heavy atom. The molecule has 27 heavy (non-hydrogen) atoms. The number of likely N-dealkylation sites (tertiary alicyclic amines) is 1. The molecule has 2 aliphatic heterocycles. The van der Waals surface area contributed by atoms with E-state index < -0.39 is 0 Å². The highest BCUT2D eigenvalue weighted by Gasteiger charge is 2.24. The zero-order valence-corrected chi connectivity index (χ0v) is 15.7. The van der Waals surface area contributed by atoms with Gasteiger partial charge in [-0.15, -0.1) is 10.2 Å². The number of rotatable bonds is 3. The lowest BCUT2D eigenvalue weighted by atomic mass is 10.1. The number of piperazine rings is 1. The monoisotopic (exact) mass is 366 g/mol. The highest BCUT2D eigenvalue weighted by Crippen LogP contribution is 2.22. The maximum atomic E-state index is 12.7. The van der Waals surface area contributed by atoms with Crippen LogP contribution in [0.1, 0.15) is 16.8 Å². The molecule has 1 aromatic heterocycles. The van der Waals surface area contributed by atoms with Crippen LogP contribution in [0.15, 0.2) is 36.4 Å². The highest BCUT2D eigenvalue weighted by atomic mass is 16.2. The molecule has 0 aliphatic carbocycles. The van der Waals surface area contributed by atoms with Crippen molar-refractivity contribution < 1.29 is 4.79 Å². The number of carbonyl (C=O) groups is 1. The number of carbonyl (C=O) groups excluding carboxylic acids is 1. The number of aromatic nitrogens is 2. The van der Waals surface area contributed by atoms with Crippen LogP contribution in [0.2, 0.25) is 0 Å². The molecule has 7 heteroatoms. The van der Waals surface area contributed by atoms with Crippen LogP contribution in [0.5, 0.6) is 0 Å². The van der Waals surface area contributed by atoms with E-state index in [0.29, 0.717) is 12.1 Å². The van der Waals surface area contributed by atoms with E-state index in [1.807, 2.05) is 41.3 Å². The Morgan fingerprint density at radius 1 is 1.07 bits per heavy atom. The van der Waals surface area contributed by atoms with E-state index >= 15 is 0 Å². The van der Waals surface area contributed by atoms with Gasteiger partial charge in [0.05, 0.1) is 5.69 Å². The second kappa shape index (κ2) is 7.62. The summed E-state index contributed by atoms with van der Waals surface area (Å²) >= 11 is 0. The van der Waals surface area contributed by atoms with Gasteiger partial charge in [0.15, 0.2) is 5.82 Å². The van der Waals surface area contributed by atoms with Gasteiger partial charge in [-0.3, -0.25) is 4.79 Å². The molecule has 1 aromatic carbocycles. The van der Waals surface area contributed by atoms with Crippen molar-refractivity contribution in [3.8, 4) is 11.3 Å². The first-order valence-electron chi connectivity index (χ1n) is 9.53. The van der Waals surface area contributed by atoms with Crippen LogP contribution in [0, 0.1) is 0 Å². The first kappa shape index (κ1) is 17.9. The second-order valence-corrected chi connectivity index (χ2v) is 7.45. The van der Waals surface area contributed by atoms with Gasteiger partial charge in [0, 0.05) is 56.4 Å². The van der Waals surface area contributed by atoms with Crippen molar-refractivity contribution in [2.24, 2.45) is 5.73 Å². The summed E-state index contributed by atoms with van der Waals surface area (Å²) in [5.74, 6) is 0.942. The molecular weight excluding hydrogens is 340 g/mol. The van der Waals surface area contributed by atoms with Crippen LogP contribution >= 0.6 is 0 Å². The van der Waals surface area contributed by atoms with Crippen LogP contribution in [0.25, 0.3) is 11.3 Å². The van der Waals surface area contributed by atoms with Gasteiger partial charge in [0.25, 0.3) is 5.91 Å². The number of anilines is 1. The Balaban J connectivity index is 1.49. The lowest BCUT2D eigenvalue weighted by Crippen LogP contribution is -2.44. The first-order chi connectivity index (χ1) is 13.1. The van der Waals surface area contributed by atoms with Gasteiger partial charge in [-0.25, -0.2) is 0 Å². The molecule has 2 N–H and O–H groups in total. The van der Waals surface area contributed by atoms with Crippen molar-refractivity contribution in [1.29, 1.82) is 0 Å². The number of likely N-dealkylation sites (N-methyl/N-ethyl adjacent to an activating group) is 1. The third kappa shape index (κ3) is 3.94. The standard InChI is InChI=1S/C20H26N6O/c1-24-9-11-25(12-10-24)19-6-5-18(22-23-19)15-3-2-4-16(13-15)20(27)26-8-7-17(21)14-26/h2-6,13,17H,7-12,14,21H2,1H3. The minimum absolute atomic E-state index is 0.0341. The molecule has 3 heterocycles. The van der Waals surface area contributed by atoms with E-state index in [9.17, 15) is 4.79 Å². The van der Waals surface area contributed by atoms with Crippen molar-refractivity contribution in [2.75, 3.05) is 51.2 Å². The average Bonchev–Trinajstić information content (AvgIpc) is 3.14. The van der Waals surface area contributed by atoms with Crippen molar-refractivity contribution in [3.05, 3.63) is 42.0 Å². The summed E-state index contributed by atoms with van der Waals surface area (Å²) in [6, 6.07) is 11.7. The lowest BCUT2D eigenvalue weighted by molar-refractivity contribution is 0.0791. The molecule has 4 rings (SSSR count). The summed E-state index contributed by atoms with van der Waals surface area (Å²) < 4.78 is 0. The molecule has 1 unspecified atom stereocenters. The molecule has 7 nitrogen and oxygen atoms in total. The summed E-state index contributed by atoms with van der Waals surface area (Å²) in [6.07, 6.45) is 0.866. The molecular formula is C20H26N6O. The number of benzene rings is 1. The third-order valence-corrected chi connectivity index (χ3v) is 5.39. The Hall–Kier alpha value is -2.51. The number of nitrogens with zero attached hydrogens (tertiary/aromatic N) is 5. The van der Waals surface area contributed by atoms with E-state index in [2.05, 4.69) is 27.0 Å². The first-order valence-corrected chi connectivity index (χ1v) is 9.53. The minimum Gasteiger partial charge on any atom is -0.353 e. The fourth-order valence-corrected chi connectivity index (χ4v) is 3.65. The largest absolute Gasteiger partial charge is 0.353 e. The molecule has 1 amide bonds. The molecule has 142 valence electrons. The minimum atomic E-state index is 0.0341. The fourth-order valence-electron chi connectivity index (χ4n) is 3.65. The van der Waals surface area contributed by atoms with Crippen LogP contribution in [-0.4, -0.2) is 78.3 Å².